The normalized spacial score (nSPS) is 24.0. The standard InChI is InChI=1S/C19H25N3O4/c1-21-17(20-15-6-3-2-5-14(15)18(21)23)16-7-4-8-22(16)11-19(24)12-25-9-10-26-13-19/h2-3,5-6,16,24H,4,7-13H2,1H3. The summed E-state index contributed by atoms with van der Waals surface area (Å²) in [5, 5.41) is 11.5. The van der Waals surface area contributed by atoms with E-state index in [4.69, 9.17) is 14.5 Å². The first-order valence-electron chi connectivity index (χ1n) is 9.15. The molecule has 0 saturated carbocycles. The molecule has 1 aromatic carbocycles. The summed E-state index contributed by atoms with van der Waals surface area (Å²) in [6, 6.07) is 7.44. The number of para-hydroxylation sites is 1. The van der Waals surface area contributed by atoms with Crippen LogP contribution in [-0.2, 0) is 16.5 Å². The molecule has 2 saturated heterocycles. The third-order valence-electron chi connectivity index (χ3n) is 5.29. The molecule has 0 amide bonds. The Hall–Kier alpha value is -1.80. The first kappa shape index (κ1) is 17.6. The fourth-order valence-corrected chi connectivity index (χ4v) is 3.99. The van der Waals surface area contributed by atoms with Crippen molar-refractivity contribution >= 4 is 10.9 Å². The Bertz CT molecular complexity index is 842. The molecular weight excluding hydrogens is 334 g/mol. The van der Waals surface area contributed by atoms with Gasteiger partial charge in [-0.05, 0) is 31.5 Å². The molecule has 2 aliphatic rings. The van der Waals surface area contributed by atoms with Crippen molar-refractivity contribution in [1.29, 1.82) is 0 Å². The van der Waals surface area contributed by atoms with Crippen molar-refractivity contribution in [2.45, 2.75) is 24.5 Å². The van der Waals surface area contributed by atoms with Gasteiger partial charge in [-0.15, -0.1) is 0 Å². The Morgan fingerprint density at radius 2 is 2.00 bits per heavy atom. The zero-order chi connectivity index (χ0) is 18.1. The van der Waals surface area contributed by atoms with Crippen LogP contribution in [0, 0.1) is 0 Å². The molecule has 26 heavy (non-hydrogen) atoms. The van der Waals surface area contributed by atoms with Crippen LogP contribution >= 0.6 is 0 Å². The van der Waals surface area contributed by atoms with Crippen molar-refractivity contribution in [3.63, 3.8) is 0 Å². The van der Waals surface area contributed by atoms with Gasteiger partial charge in [-0.3, -0.25) is 14.3 Å². The van der Waals surface area contributed by atoms with E-state index in [-0.39, 0.29) is 24.8 Å². The van der Waals surface area contributed by atoms with Crippen LogP contribution in [0.15, 0.2) is 29.1 Å². The van der Waals surface area contributed by atoms with E-state index in [0.717, 1.165) is 30.7 Å². The minimum absolute atomic E-state index is 0.00424. The molecule has 0 aliphatic carbocycles. The number of β-amino-alcohol motifs (C(OH)–C–C–N with tert-alkyl or cyclic N) is 1. The van der Waals surface area contributed by atoms with Crippen molar-refractivity contribution in [2.75, 3.05) is 39.5 Å². The van der Waals surface area contributed by atoms with Crippen LogP contribution in [0.4, 0.5) is 0 Å². The molecule has 0 spiro atoms. The topological polar surface area (TPSA) is 76.8 Å². The fourth-order valence-electron chi connectivity index (χ4n) is 3.99. The molecule has 2 fully saturated rings. The fraction of sp³-hybridized carbons (Fsp3) is 0.579. The van der Waals surface area contributed by atoms with Crippen molar-refractivity contribution < 1.29 is 14.6 Å². The minimum Gasteiger partial charge on any atom is -0.384 e. The summed E-state index contributed by atoms with van der Waals surface area (Å²) in [6.45, 7) is 2.84. The molecule has 4 rings (SSSR count). The molecule has 2 aromatic rings. The molecular formula is C19H25N3O4. The van der Waals surface area contributed by atoms with E-state index in [2.05, 4.69) is 4.90 Å². The van der Waals surface area contributed by atoms with E-state index in [1.807, 2.05) is 24.3 Å². The van der Waals surface area contributed by atoms with Gasteiger partial charge in [0.05, 0.1) is 43.4 Å². The number of fused-ring (bicyclic) bond motifs is 1. The predicted molar refractivity (Wildman–Crippen MR) is 97.1 cm³/mol. The third-order valence-corrected chi connectivity index (χ3v) is 5.29. The summed E-state index contributed by atoms with van der Waals surface area (Å²) < 4.78 is 12.6. The first-order valence-corrected chi connectivity index (χ1v) is 9.15. The van der Waals surface area contributed by atoms with Gasteiger partial charge in [0, 0.05) is 13.6 Å². The molecule has 7 heteroatoms. The summed E-state index contributed by atoms with van der Waals surface area (Å²) in [5.41, 5.74) is -0.343. The maximum atomic E-state index is 12.7. The molecule has 140 valence electrons. The van der Waals surface area contributed by atoms with Gasteiger partial charge in [-0.25, -0.2) is 4.98 Å². The van der Waals surface area contributed by atoms with Crippen molar-refractivity contribution in [1.82, 2.24) is 14.5 Å². The van der Waals surface area contributed by atoms with Gasteiger partial charge >= 0.3 is 0 Å². The van der Waals surface area contributed by atoms with E-state index < -0.39 is 5.60 Å². The number of rotatable bonds is 3. The molecule has 0 radical (unpaired) electrons. The van der Waals surface area contributed by atoms with Crippen LogP contribution < -0.4 is 5.56 Å². The second-order valence-corrected chi connectivity index (χ2v) is 7.31. The average molecular weight is 359 g/mol. The maximum Gasteiger partial charge on any atom is 0.261 e. The first-order chi connectivity index (χ1) is 12.6. The van der Waals surface area contributed by atoms with E-state index in [0.29, 0.717) is 25.1 Å². The van der Waals surface area contributed by atoms with Gasteiger partial charge in [0.2, 0.25) is 0 Å². The van der Waals surface area contributed by atoms with Gasteiger partial charge in [0.1, 0.15) is 11.4 Å². The zero-order valence-corrected chi connectivity index (χ0v) is 15.1. The molecule has 3 heterocycles. The summed E-state index contributed by atoms with van der Waals surface area (Å²) >= 11 is 0. The van der Waals surface area contributed by atoms with Gasteiger partial charge in [-0.1, -0.05) is 12.1 Å². The lowest BCUT2D eigenvalue weighted by molar-refractivity contribution is -0.0766. The van der Waals surface area contributed by atoms with Gasteiger partial charge in [-0.2, -0.15) is 0 Å². The Labute approximate surface area is 152 Å². The molecule has 1 unspecified atom stereocenters. The van der Waals surface area contributed by atoms with Gasteiger partial charge in [0.15, 0.2) is 0 Å². The molecule has 1 atom stereocenters. The summed E-state index contributed by atoms with van der Waals surface area (Å²) in [6.07, 6.45) is 1.92. The number of likely N-dealkylation sites (tertiary alicyclic amines) is 1. The van der Waals surface area contributed by atoms with Crippen molar-refractivity contribution in [3.05, 3.63) is 40.4 Å². The van der Waals surface area contributed by atoms with Crippen LogP contribution in [0.2, 0.25) is 0 Å². The number of ether oxygens (including phenoxy) is 2. The van der Waals surface area contributed by atoms with E-state index >= 15 is 0 Å². The second kappa shape index (κ2) is 7.08. The van der Waals surface area contributed by atoms with E-state index in [9.17, 15) is 9.90 Å². The zero-order valence-electron chi connectivity index (χ0n) is 15.1. The van der Waals surface area contributed by atoms with Crippen LogP contribution in [0.3, 0.4) is 0 Å². The number of benzene rings is 1. The highest BCUT2D eigenvalue weighted by molar-refractivity contribution is 5.77. The Morgan fingerprint density at radius 3 is 2.77 bits per heavy atom. The Balaban J connectivity index is 1.65. The maximum absolute atomic E-state index is 12.7. The average Bonchev–Trinajstić information content (AvgIpc) is 2.97. The highest BCUT2D eigenvalue weighted by atomic mass is 16.6. The van der Waals surface area contributed by atoms with Crippen LogP contribution in [0.5, 0.6) is 0 Å². The highest BCUT2D eigenvalue weighted by Crippen LogP contribution is 2.32. The molecule has 1 aromatic heterocycles. The number of hydrogen-bond acceptors (Lipinski definition) is 6. The van der Waals surface area contributed by atoms with E-state index in [1.54, 1.807) is 11.6 Å². The summed E-state index contributed by atoms with van der Waals surface area (Å²) in [7, 11) is 1.78. The predicted octanol–water partition coefficient (Wildman–Crippen LogP) is 0.848. The number of aliphatic hydroxyl groups is 1. The molecule has 1 N–H and O–H groups in total. The van der Waals surface area contributed by atoms with Crippen LogP contribution in [-0.4, -0.2) is 64.7 Å². The molecule has 0 bridgehead atoms. The Kier molecular flexibility index (Phi) is 4.79. The van der Waals surface area contributed by atoms with E-state index in [1.165, 1.54) is 0 Å². The van der Waals surface area contributed by atoms with Gasteiger partial charge in [0.25, 0.3) is 5.56 Å². The quantitative estimate of drug-likeness (QED) is 0.876. The lowest BCUT2D eigenvalue weighted by Crippen LogP contribution is -2.49. The third kappa shape index (κ3) is 3.27. The highest BCUT2D eigenvalue weighted by Gasteiger charge is 2.38. The monoisotopic (exact) mass is 359 g/mol. The summed E-state index contributed by atoms with van der Waals surface area (Å²) in [5.74, 6) is 0.755. The number of aromatic nitrogens is 2. The molecule has 7 nitrogen and oxygen atoms in total. The number of nitrogens with zero attached hydrogens (tertiary/aromatic N) is 3. The smallest absolute Gasteiger partial charge is 0.261 e. The molecule has 2 aliphatic heterocycles. The minimum atomic E-state index is -1.03. The largest absolute Gasteiger partial charge is 0.384 e. The van der Waals surface area contributed by atoms with Crippen molar-refractivity contribution in [3.8, 4) is 0 Å². The number of hydrogen-bond donors (Lipinski definition) is 1. The van der Waals surface area contributed by atoms with Crippen LogP contribution in [0.1, 0.15) is 24.7 Å². The Morgan fingerprint density at radius 1 is 1.27 bits per heavy atom. The SMILES string of the molecule is Cn1c(C2CCCN2CC2(O)COCCOC2)nc2ccccc2c1=O. The van der Waals surface area contributed by atoms with Crippen molar-refractivity contribution in [2.24, 2.45) is 7.05 Å². The lowest BCUT2D eigenvalue weighted by Gasteiger charge is -2.33. The summed E-state index contributed by atoms with van der Waals surface area (Å²) in [4.78, 5) is 19.7. The van der Waals surface area contributed by atoms with Gasteiger partial charge < -0.3 is 14.6 Å². The second-order valence-electron chi connectivity index (χ2n) is 7.31. The van der Waals surface area contributed by atoms with Crippen LogP contribution in [0.25, 0.3) is 10.9 Å². The lowest BCUT2D eigenvalue weighted by atomic mass is 10.1.